The van der Waals surface area contributed by atoms with E-state index in [0.29, 0.717) is 23.0 Å². The standard InChI is InChI=1S/C26H25NO5P/c1-29-23-8-12-25(13-9-23)31-33(28,32-26-14-10-24(30-2)11-15-26)27-18-16-22(17-19-27)20-21-6-4-3-5-7-21/h3-19H,20H2,1-2H3/q+1. The number of benzene rings is 3. The molecule has 7 heteroatoms. The molecular formula is C26H25NO5P+. The van der Waals surface area contributed by atoms with E-state index in [0.717, 1.165) is 12.0 Å². The minimum atomic E-state index is -3.83. The maximum atomic E-state index is 14.0. The van der Waals surface area contributed by atoms with E-state index in [1.54, 1.807) is 75.1 Å². The van der Waals surface area contributed by atoms with Crippen LogP contribution in [0.15, 0.2) is 103 Å². The fourth-order valence-corrected chi connectivity index (χ4v) is 4.68. The topological polar surface area (TPSA) is 57.9 Å². The predicted octanol–water partition coefficient (Wildman–Crippen LogP) is 5.70. The number of hydrogen-bond acceptors (Lipinski definition) is 5. The summed E-state index contributed by atoms with van der Waals surface area (Å²) in [7, 11) is -0.662. The summed E-state index contributed by atoms with van der Waals surface area (Å²) in [5.41, 5.74) is 2.28. The predicted molar refractivity (Wildman–Crippen MR) is 126 cm³/mol. The minimum absolute atomic E-state index is 0.397. The van der Waals surface area contributed by atoms with Crippen LogP contribution in [0.1, 0.15) is 11.1 Å². The molecule has 33 heavy (non-hydrogen) atoms. The molecule has 0 saturated heterocycles. The number of ether oxygens (including phenoxy) is 2. The zero-order valence-electron chi connectivity index (χ0n) is 18.5. The van der Waals surface area contributed by atoms with Gasteiger partial charge in [-0.05, 0) is 66.1 Å². The molecule has 0 bridgehead atoms. The van der Waals surface area contributed by atoms with Crippen LogP contribution in [-0.2, 0) is 11.0 Å². The van der Waals surface area contributed by atoms with Crippen LogP contribution in [0.2, 0.25) is 0 Å². The second-order valence-corrected chi connectivity index (χ2v) is 9.02. The Labute approximate surface area is 193 Å². The lowest BCUT2D eigenvalue weighted by Crippen LogP contribution is -2.35. The molecule has 0 atom stereocenters. The Kier molecular flexibility index (Phi) is 6.96. The van der Waals surface area contributed by atoms with Gasteiger partial charge in [-0.2, -0.15) is 4.57 Å². The molecule has 0 aliphatic carbocycles. The van der Waals surface area contributed by atoms with Crippen molar-refractivity contribution in [2.24, 2.45) is 0 Å². The van der Waals surface area contributed by atoms with Crippen molar-refractivity contribution in [1.29, 1.82) is 0 Å². The third kappa shape index (κ3) is 5.73. The molecule has 0 N–H and O–H groups in total. The van der Waals surface area contributed by atoms with Crippen molar-refractivity contribution < 1.29 is 27.4 Å². The lowest BCUT2D eigenvalue weighted by molar-refractivity contribution is -0.536. The summed E-state index contributed by atoms with van der Waals surface area (Å²) >= 11 is 0. The van der Waals surface area contributed by atoms with E-state index in [4.69, 9.17) is 18.5 Å². The van der Waals surface area contributed by atoms with E-state index < -0.39 is 7.75 Å². The number of aromatic nitrogens is 1. The fourth-order valence-electron chi connectivity index (χ4n) is 3.21. The van der Waals surface area contributed by atoms with Crippen LogP contribution in [-0.4, -0.2) is 14.2 Å². The van der Waals surface area contributed by atoms with Gasteiger partial charge in [0.15, 0.2) is 12.4 Å². The number of pyridine rings is 1. The van der Waals surface area contributed by atoms with E-state index in [1.165, 1.54) is 9.90 Å². The van der Waals surface area contributed by atoms with Crippen LogP contribution in [0.3, 0.4) is 0 Å². The van der Waals surface area contributed by atoms with Crippen molar-refractivity contribution in [2.75, 3.05) is 14.2 Å². The molecular weight excluding hydrogens is 437 g/mol. The van der Waals surface area contributed by atoms with Gasteiger partial charge in [-0.1, -0.05) is 34.7 Å². The van der Waals surface area contributed by atoms with Crippen LogP contribution in [0, 0.1) is 0 Å². The minimum Gasteiger partial charge on any atom is -0.497 e. The van der Waals surface area contributed by atoms with Crippen molar-refractivity contribution in [2.45, 2.75) is 6.42 Å². The van der Waals surface area contributed by atoms with E-state index in [2.05, 4.69) is 12.1 Å². The number of rotatable bonds is 9. The quantitative estimate of drug-likeness (QED) is 0.299. The van der Waals surface area contributed by atoms with E-state index in [-0.39, 0.29) is 0 Å². The second kappa shape index (κ2) is 10.2. The molecule has 4 rings (SSSR count). The van der Waals surface area contributed by atoms with Gasteiger partial charge in [-0.3, -0.25) is 0 Å². The van der Waals surface area contributed by atoms with Crippen LogP contribution in [0.5, 0.6) is 23.0 Å². The van der Waals surface area contributed by atoms with Crippen LogP contribution >= 0.6 is 7.75 Å². The molecule has 0 amide bonds. The highest BCUT2D eigenvalue weighted by molar-refractivity contribution is 7.47. The summed E-state index contributed by atoms with van der Waals surface area (Å²) in [6, 6.07) is 27.7. The van der Waals surface area contributed by atoms with Crippen molar-refractivity contribution in [3.05, 3.63) is 115 Å². The first kappa shape index (κ1) is 22.4. The lowest BCUT2D eigenvalue weighted by Gasteiger charge is -2.14. The van der Waals surface area contributed by atoms with Crippen LogP contribution in [0.25, 0.3) is 0 Å². The molecule has 0 unspecified atom stereocenters. The van der Waals surface area contributed by atoms with Gasteiger partial charge in [0, 0.05) is 12.1 Å². The highest BCUT2D eigenvalue weighted by Crippen LogP contribution is 2.44. The largest absolute Gasteiger partial charge is 0.728 e. The zero-order valence-corrected chi connectivity index (χ0v) is 19.4. The molecule has 6 nitrogen and oxygen atoms in total. The SMILES string of the molecule is COc1ccc(OP(=O)(Oc2ccc(OC)cc2)[n+]2ccc(Cc3ccccc3)cc2)cc1. The normalized spacial score (nSPS) is 11.0. The van der Waals surface area contributed by atoms with Gasteiger partial charge in [0.1, 0.15) is 23.0 Å². The number of methoxy groups -OCH3 is 2. The molecule has 0 spiro atoms. The molecule has 168 valence electrons. The van der Waals surface area contributed by atoms with Gasteiger partial charge < -0.3 is 18.5 Å². The number of nitrogens with zero attached hydrogens (tertiary/aromatic N) is 1. The van der Waals surface area contributed by atoms with Gasteiger partial charge in [-0.15, -0.1) is 0 Å². The van der Waals surface area contributed by atoms with Crippen LogP contribution < -0.4 is 22.9 Å². The van der Waals surface area contributed by atoms with Crippen molar-refractivity contribution >= 4 is 7.75 Å². The summed E-state index contributed by atoms with van der Waals surface area (Å²) in [6.45, 7) is 0. The molecule has 0 aliphatic heterocycles. The number of hydrogen-bond donors (Lipinski definition) is 0. The van der Waals surface area contributed by atoms with Crippen molar-refractivity contribution in [1.82, 2.24) is 0 Å². The first-order valence-electron chi connectivity index (χ1n) is 10.4. The van der Waals surface area contributed by atoms with Crippen molar-refractivity contribution in [3.8, 4) is 23.0 Å². The van der Waals surface area contributed by atoms with Crippen LogP contribution in [0.4, 0.5) is 0 Å². The van der Waals surface area contributed by atoms with Crippen molar-refractivity contribution in [3.63, 3.8) is 0 Å². The monoisotopic (exact) mass is 462 g/mol. The highest BCUT2D eigenvalue weighted by Gasteiger charge is 2.42. The average Bonchev–Trinajstić information content (AvgIpc) is 2.86. The van der Waals surface area contributed by atoms with Gasteiger partial charge in [0.05, 0.1) is 14.2 Å². The smallest absolute Gasteiger partial charge is 0.497 e. The summed E-state index contributed by atoms with van der Waals surface area (Å²) in [5.74, 6) is 2.14. The van der Waals surface area contributed by atoms with E-state index in [9.17, 15) is 4.57 Å². The molecule has 0 aliphatic rings. The van der Waals surface area contributed by atoms with Gasteiger partial charge >= 0.3 is 7.75 Å². The molecule has 0 radical (unpaired) electrons. The summed E-state index contributed by atoms with van der Waals surface area (Å²) in [4.78, 5) is 0. The van der Waals surface area contributed by atoms with E-state index >= 15 is 0 Å². The molecule has 3 aromatic carbocycles. The maximum absolute atomic E-state index is 14.0. The first-order valence-corrected chi connectivity index (χ1v) is 11.9. The molecule has 1 heterocycles. The fraction of sp³-hybridized carbons (Fsp3) is 0.115. The Morgan fingerprint density at radius 3 is 1.48 bits per heavy atom. The maximum Gasteiger partial charge on any atom is 0.728 e. The van der Waals surface area contributed by atoms with Gasteiger partial charge in [0.25, 0.3) is 0 Å². The van der Waals surface area contributed by atoms with E-state index in [1.807, 2.05) is 30.3 Å². The third-order valence-electron chi connectivity index (χ3n) is 4.98. The summed E-state index contributed by atoms with van der Waals surface area (Å²) < 4.78 is 37.7. The first-order chi connectivity index (χ1) is 16.1. The molecule has 4 aromatic rings. The van der Waals surface area contributed by atoms with Gasteiger partial charge in [-0.25, -0.2) is 0 Å². The Balaban J connectivity index is 1.62. The average molecular weight is 462 g/mol. The van der Waals surface area contributed by atoms with Gasteiger partial charge in [0.2, 0.25) is 0 Å². The molecule has 1 aromatic heterocycles. The Bertz CT molecular complexity index is 1160. The Hall–Kier alpha value is -3.76. The summed E-state index contributed by atoms with van der Waals surface area (Å²) in [6.07, 6.45) is 4.20. The third-order valence-corrected chi connectivity index (χ3v) is 6.69. The summed E-state index contributed by atoms with van der Waals surface area (Å²) in [5, 5.41) is 0. The molecule has 0 fully saturated rings. The second-order valence-electron chi connectivity index (χ2n) is 7.25. The zero-order chi connectivity index (χ0) is 23.1. The molecule has 0 saturated carbocycles. The highest BCUT2D eigenvalue weighted by atomic mass is 31.2. The lowest BCUT2D eigenvalue weighted by atomic mass is 10.1. The Morgan fingerprint density at radius 1 is 0.606 bits per heavy atom. The Morgan fingerprint density at radius 2 is 1.03 bits per heavy atom.